The van der Waals surface area contributed by atoms with Crippen molar-refractivity contribution in [2.24, 2.45) is 11.8 Å². The summed E-state index contributed by atoms with van der Waals surface area (Å²) < 4.78 is 4.97. The van der Waals surface area contributed by atoms with Gasteiger partial charge in [-0.25, -0.2) is 0 Å². The quantitative estimate of drug-likeness (QED) is 0.434. The lowest BCUT2D eigenvalue weighted by Gasteiger charge is -2.20. The molecule has 19 heavy (non-hydrogen) atoms. The number of ether oxygens (including phenoxy) is 1. The van der Waals surface area contributed by atoms with Crippen molar-refractivity contribution in [2.75, 3.05) is 0 Å². The second-order valence-electron chi connectivity index (χ2n) is 4.95. The lowest BCUT2D eigenvalue weighted by Crippen LogP contribution is -2.27. The molecule has 2 rings (SSSR count). The zero-order valence-electron chi connectivity index (χ0n) is 10.9. The Labute approximate surface area is 113 Å². The molecule has 0 aromatic rings. The van der Waals surface area contributed by atoms with Gasteiger partial charge in [0.05, 0.1) is 11.8 Å². The van der Waals surface area contributed by atoms with Crippen molar-refractivity contribution in [3.05, 3.63) is 48.6 Å². The average Bonchev–Trinajstić information content (AvgIpc) is 2.39. The first-order valence-electron chi connectivity index (χ1n) is 6.54. The molecule has 0 spiro atoms. The van der Waals surface area contributed by atoms with Crippen molar-refractivity contribution in [3.8, 4) is 0 Å². The predicted molar refractivity (Wildman–Crippen MR) is 73.1 cm³/mol. The molecule has 2 aliphatic rings. The third-order valence-corrected chi connectivity index (χ3v) is 3.51. The van der Waals surface area contributed by atoms with E-state index in [0.29, 0.717) is 0 Å². The van der Waals surface area contributed by atoms with Crippen molar-refractivity contribution in [3.63, 3.8) is 0 Å². The van der Waals surface area contributed by atoms with Gasteiger partial charge in [0, 0.05) is 0 Å². The molecule has 0 heterocycles. The second kappa shape index (κ2) is 5.83. The Kier molecular flexibility index (Phi) is 4.15. The molecule has 0 radical (unpaired) electrons. The van der Waals surface area contributed by atoms with Crippen molar-refractivity contribution < 1.29 is 14.3 Å². The fourth-order valence-electron chi connectivity index (χ4n) is 2.30. The summed E-state index contributed by atoms with van der Waals surface area (Å²) in [6.07, 6.45) is 10.7. The predicted octanol–water partition coefficient (Wildman–Crippen LogP) is 3.10. The first kappa shape index (κ1) is 13.5. The first-order chi connectivity index (χ1) is 9.09. The molecule has 0 fully saturated rings. The Balaban J connectivity index is 2.00. The van der Waals surface area contributed by atoms with Crippen LogP contribution < -0.4 is 0 Å². The number of hydrogen-bond donors (Lipinski definition) is 0. The van der Waals surface area contributed by atoms with E-state index in [4.69, 9.17) is 4.74 Å². The summed E-state index contributed by atoms with van der Waals surface area (Å²) in [6.45, 7) is 7.71. The maximum Gasteiger partial charge on any atom is 0.324 e. The summed E-state index contributed by atoms with van der Waals surface area (Å²) >= 11 is 0. The number of rotatable bonds is 2. The van der Waals surface area contributed by atoms with Gasteiger partial charge in [0.25, 0.3) is 0 Å². The summed E-state index contributed by atoms with van der Waals surface area (Å²) in [4.78, 5) is 23.9. The van der Waals surface area contributed by atoms with Crippen LogP contribution in [0.3, 0.4) is 0 Å². The summed E-state index contributed by atoms with van der Waals surface area (Å²) in [5.74, 6) is -2.03. The molecule has 100 valence electrons. The van der Waals surface area contributed by atoms with Gasteiger partial charge >= 0.3 is 11.9 Å². The van der Waals surface area contributed by atoms with Crippen molar-refractivity contribution in [2.45, 2.75) is 25.7 Å². The van der Waals surface area contributed by atoms with Gasteiger partial charge in [0.15, 0.2) is 0 Å². The molecule has 0 aromatic heterocycles. The van der Waals surface area contributed by atoms with Crippen LogP contribution in [-0.4, -0.2) is 11.9 Å². The Morgan fingerprint density at radius 1 is 0.947 bits per heavy atom. The molecule has 2 atom stereocenters. The number of allylic oxidation sites excluding steroid dienone is 2. The van der Waals surface area contributed by atoms with Crippen molar-refractivity contribution in [1.82, 2.24) is 0 Å². The van der Waals surface area contributed by atoms with Gasteiger partial charge < -0.3 is 4.74 Å². The molecule has 0 aliphatic heterocycles. The third kappa shape index (κ3) is 3.11. The SMILES string of the molecule is C=C1CCC=CC1C(=O)OC(=O)C1C=CCCC1=C. The summed E-state index contributed by atoms with van der Waals surface area (Å²) in [6, 6.07) is 0. The van der Waals surface area contributed by atoms with Gasteiger partial charge in [0.1, 0.15) is 0 Å². The van der Waals surface area contributed by atoms with Crippen LogP contribution >= 0.6 is 0 Å². The van der Waals surface area contributed by atoms with Gasteiger partial charge in [-0.15, -0.1) is 0 Å². The van der Waals surface area contributed by atoms with E-state index in [1.807, 2.05) is 12.2 Å². The summed E-state index contributed by atoms with van der Waals surface area (Å²) in [7, 11) is 0. The molecular weight excluding hydrogens is 240 g/mol. The van der Waals surface area contributed by atoms with Crippen LogP contribution in [0.1, 0.15) is 25.7 Å². The maximum atomic E-state index is 12.0. The number of esters is 2. The van der Waals surface area contributed by atoms with Crippen LogP contribution in [0.25, 0.3) is 0 Å². The van der Waals surface area contributed by atoms with Crippen LogP contribution in [0.5, 0.6) is 0 Å². The molecule has 2 unspecified atom stereocenters. The van der Waals surface area contributed by atoms with Gasteiger partial charge in [-0.05, 0) is 25.7 Å². The van der Waals surface area contributed by atoms with E-state index in [0.717, 1.165) is 36.8 Å². The molecule has 0 saturated heterocycles. The molecule has 0 bridgehead atoms. The monoisotopic (exact) mass is 258 g/mol. The number of carbonyl (C=O) groups is 2. The normalized spacial score (nSPS) is 26.3. The highest BCUT2D eigenvalue weighted by molar-refractivity contribution is 5.92. The zero-order chi connectivity index (χ0) is 13.8. The van der Waals surface area contributed by atoms with E-state index in [1.165, 1.54) is 0 Å². The molecule has 2 aliphatic carbocycles. The molecule has 0 N–H and O–H groups in total. The highest BCUT2D eigenvalue weighted by atomic mass is 16.6. The fourth-order valence-corrected chi connectivity index (χ4v) is 2.30. The first-order valence-corrected chi connectivity index (χ1v) is 6.54. The lowest BCUT2D eigenvalue weighted by molar-refractivity contribution is -0.162. The van der Waals surface area contributed by atoms with Crippen molar-refractivity contribution >= 4 is 11.9 Å². The molecule has 3 nitrogen and oxygen atoms in total. The topological polar surface area (TPSA) is 43.4 Å². The van der Waals surface area contributed by atoms with Gasteiger partial charge in [-0.1, -0.05) is 48.6 Å². The highest BCUT2D eigenvalue weighted by Gasteiger charge is 2.29. The molecule has 3 heteroatoms. The smallest absolute Gasteiger partial charge is 0.324 e. The lowest BCUT2D eigenvalue weighted by atomic mass is 9.90. The largest absolute Gasteiger partial charge is 0.392 e. The zero-order valence-corrected chi connectivity index (χ0v) is 10.9. The maximum absolute atomic E-state index is 12.0. The molecular formula is C16H18O3. The van der Waals surface area contributed by atoms with Crippen LogP contribution in [-0.2, 0) is 14.3 Å². The Morgan fingerprint density at radius 3 is 1.74 bits per heavy atom. The number of carbonyl (C=O) groups excluding carboxylic acids is 2. The number of hydrogen-bond acceptors (Lipinski definition) is 3. The van der Waals surface area contributed by atoms with E-state index < -0.39 is 23.8 Å². The van der Waals surface area contributed by atoms with Gasteiger partial charge in [-0.3, -0.25) is 9.59 Å². The Hall–Kier alpha value is -1.90. The van der Waals surface area contributed by atoms with Crippen LogP contribution in [0.4, 0.5) is 0 Å². The summed E-state index contributed by atoms with van der Waals surface area (Å²) in [5.41, 5.74) is 1.61. The van der Waals surface area contributed by atoms with Gasteiger partial charge in [0.2, 0.25) is 0 Å². The molecule has 0 aromatic carbocycles. The Morgan fingerprint density at radius 2 is 1.37 bits per heavy atom. The standard InChI is InChI=1S/C16H18O3/c1-11-7-3-5-9-13(11)15(17)19-16(18)14-10-6-4-8-12(14)2/h5-6,9-10,13-14H,1-4,7-8H2. The van der Waals surface area contributed by atoms with E-state index in [-0.39, 0.29) is 0 Å². The van der Waals surface area contributed by atoms with Crippen LogP contribution in [0.2, 0.25) is 0 Å². The van der Waals surface area contributed by atoms with Crippen molar-refractivity contribution in [1.29, 1.82) is 0 Å². The van der Waals surface area contributed by atoms with E-state index in [2.05, 4.69) is 13.2 Å². The summed E-state index contributed by atoms with van der Waals surface area (Å²) in [5, 5.41) is 0. The fraction of sp³-hybridized carbons (Fsp3) is 0.375. The highest BCUT2D eigenvalue weighted by Crippen LogP contribution is 2.26. The minimum absolute atomic E-state index is 0.487. The minimum atomic E-state index is -0.530. The minimum Gasteiger partial charge on any atom is -0.392 e. The van der Waals surface area contributed by atoms with E-state index in [9.17, 15) is 9.59 Å². The van der Waals surface area contributed by atoms with E-state index >= 15 is 0 Å². The molecule has 0 saturated carbocycles. The second-order valence-corrected chi connectivity index (χ2v) is 4.95. The Bertz CT molecular complexity index is 438. The average molecular weight is 258 g/mol. The molecule has 0 amide bonds. The van der Waals surface area contributed by atoms with Crippen LogP contribution in [0.15, 0.2) is 48.6 Å². The third-order valence-electron chi connectivity index (χ3n) is 3.51. The van der Waals surface area contributed by atoms with Gasteiger partial charge in [-0.2, -0.15) is 0 Å². The van der Waals surface area contributed by atoms with E-state index in [1.54, 1.807) is 12.2 Å². The van der Waals surface area contributed by atoms with Crippen LogP contribution in [0, 0.1) is 11.8 Å².